The van der Waals surface area contributed by atoms with Crippen LogP contribution < -0.4 is 27.0 Å². The fourth-order valence-corrected chi connectivity index (χ4v) is 3.24. The first-order chi connectivity index (χ1) is 17.6. The molecule has 0 aliphatic carbocycles. The summed E-state index contributed by atoms with van der Waals surface area (Å²) < 4.78 is 0. The Morgan fingerprint density at radius 3 is 1.66 bits per heavy atom. The number of carboxylic acid groups (broad SMARTS) is 3. The number of hydrogen-bond donors (Lipinski definition) is 10. The topological polar surface area (TPSA) is 275 Å². The quantitative estimate of drug-likeness (QED) is 0.0730. The second-order valence-electron chi connectivity index (χ2n) is 8.71. The number of aliphatic hydroxyl groups excluding tert-OH is 1. The van der Waals surface area contributed by atoms with E-state index in [4.69, 9.17) is 21.1 Å². The molecule has 0 aromatic rings. The van der Waals surface area contributed by atoms with E-state index in [0.29, 0.717) is 0 Å². The summed E-state index contributed by atoms with van der Waals surface area (Å²) in [5.74, 6) is -8.49. The largest absolute Gasteiger partial charge is 0.481 e. The van der Waals surface area contributed by atoms with E-state index in [1.807, 2.05) is 0 Å². The highest BCUT2D eigenvalue weighted by molar-refractivity contribution is 7.80. The lowest BCUT2D eigenvalue weighted by Gasteiger charge is -2.26. The molecule has 16 nitrogen and oxygen atoms in total. The number of rotatable bonds is 18. The van der Waals surface area contributed by atoms with Crippen LogP contribution in [0.3, 0.4) is 0 Å². The van der Waals surface area contributed by atoms with Crippen LogP contribution in [-0.4, -0.2) is 105 Å². The zero-order valence-corrected chi connectivity index (χ0v) is 21.8. The van der Waals surface area contributed by atoms with E-state index in [2.05, 4.69) is 33.9 Å². The molecule has 0 aromatic heterocycles. The maximum Gasteiger partial charge on any atom is 0.327 e. The van der Waals surface area contributed by atoms with E-state index >= 15 is 0 Å². The number of thiol groups is 1. The molecular weight excluding hydrogens is 530 g/mol. The van der Waals surface area contributed by atoms with Gasteiger partial charge in [0.05, 0.1) is 19.1 Å². The van der Waals surface area contributed by atoms with E-state index in [-0.39, 0.29) is 18.1 Å². The van der Waals surface area contributed by atoms with Gasteiger partial charge in [0.1, 0.15) is 24.2 Å². The van der Waals surface area contributed by atoms with Gasteiger partial charge in [-0.1, -0.05) is 13.8 Å². The summed E-state index contributed by atoms with van der Waals surface area (Å²) in [5, 5.41) is 45.2. The van der Waals surface area contributed by atoms with Gasteiger partial charge in [-0.05, 0) is 18.8 Å². The minimum Gasteiger partial charge on any atom is -0.481 e. The van der Waals surface area contributed by atoms with E-state index in [1.54, 1.807) is 13.8 Å². The number of amides is 4. The summed E-state index contributed by atoms with van der Waals surface area (Å²) in [6.07, 6.45) is -1.68. The van der Waals surface area contributed by atoms with Crippen molar-refractivity contribution in [3.05, 3.63) is 0 Å². The van der Waals surface area contributed by atoms with Crippen LogP contribution in [0.15, 0.2) is 0 Å². The van der Waals surface area contributed by atoms with Crippen molar-refractivity contribution in [2.75, 3.05) is 12.4 Å². The Balaban J connectivity index is 5.68. The molecular formula is C21H35N5O11S. The maximum atomic E-state index is 13.0. The second-order valence-corrected chi connectivity index (χ2v) is 9.08. The average Bonchev–Trinajstić information content (AvgIpc) is 2.81. The van der Waals surface area contributed by atoms with Gasteiger partial charge in [0.15, 0.2) is 0 Å². The zero-order chi connectivity index (χ0) is 29.6. The van der Waals surface area contributed by atoms with Crippen LogP contribution in [0.4, 0.5) is 0 Å². The number of nitrogens with one attached hydrogen (secondary N) is 4. The number of carboxylic acids is 3. The van der Waals surface area contributed by atoms with Crippen LogP contribution in [0, 0.1) is 5.92 Å². The predicted octanol–water partition coefficient (Wildman–Crippen LogP) is -3.35. The molecule has 0 rings (SSSR count). The lowest BCUT2D eigenvalue weighted by Crippen LogP contribution is -2.59. The van der Waals surface area contributed by atoms with Crippen molar-refractivity contribution in [2.24, 2.45) is 11.7 Å². The van der Waals surface area contributed by atoms with Gasteiger partial charge >= 0.3 is 17.9 Å². The monoisotopic (exact) mass is 565 g/mol. The standard InChI is InChI=1S/C21H35N5O11S/c1-9(2)5-12(24-17(32)10(22)6-16(30)31)19(34)23-11(3-4-15(28)29)18(33)25-13(7-27)20(35)26-14(8-38)21(36)37/h9-14,27,38H,3-8,22H2,1-2H3,(H,23,34)(H,24,32)(H,25,33)(H,26,35)(H,28,29)(H,30,31)(H,36,37)/t10-,11-,12-,13-,14-/m0/s1. The van der Waals surface area contributed by atoms with Crippen LogP contribution in [0.1, 0.15) is 39.5 Å². The first-order valence-corrected chi connectivity index (χ1v) is 12.1. The van der Waals surface area contributed by atoms with Crippen LogP contribution in [0.5, 0.6) is 0 Å². The lowest BCUT2D eigenvalue weighted by atomic mass is 10.0. The maximum absolute atomic E-state index is 13.0. The molecule has 38 heavy (non-hydrogen) atoms. The Kier molecular flexibility index (Phi) is 15.6. The number of hydrogen-bond acceptors (Lipinski definition) is 10. The number of nitrogens with two attached hydrogens (primary N) is 1. The van der Waals surface area contributed by atoms with Gasteiger partial charge < -0.3 is 47.4 Å². The highest BCUT2D eigenvalue weighted by Gasteiger charge is 2.32. The number of carbonyl (C=O) groups excluding carboxylic acids is 4. The molecule has 0 saturated heterocycles. The van der Waals surface area contributed by atoms with Crippen LogP contribution in [-0.2, 0) is 33.6 Å². The van der Waals surface area contributed by atoms with E-state index < -0.39 is 97.6 Å². The van der Waals surface area contributed by atoms with Crippen molar-refractivity contribution in [1.29, 1.82) is 0 Å². The Labute approximate surface area is 223 Å². The summed E-state index contributed by atoms with van der Waals surface area (Å²) in [4.78, 5) is 83.4. The molecule has 0 aliphatic rings. The Bertz CT molecular complexity index is 886. The third-order valence-corrected chi connectivity index (χ3v) is 5.33. The van der Waals surface area contributed by atoms with Crippen molar-refractivity contribution in [2.45, 2.75) is 69.7 Å². The van der Waals surface area contributed by atoms with E-state index in [9.17, 15) is 38.7 Å². The van der Waals surface area contributed by atoms with Gasteiger partial charge in [-0.2, -0.15) is 12.6 Å². The van der Waals surface area contributed by atoms with Crippen molar-refractivity contribution in [1.82, 2.24) is 21.3 Å². The van der Waals surface area contributed by atoms with Crippen LogP contribution >= 0.6 is 12.6 Å². The molecule has 0 heterocycles. The van der Waals surface area contributed by atoms with E-state index in [1.165, 1.54) is 0 Å². The number of aliphatic carboxylic acids is 3. The van der Waals surface area contributed by atoms with Crippen molar-refractivity contribution in [3.8, 4) is 0 Å². The van der Waals surface area contributed by atoms with Gasteiger partial charge in [0, 0.05) is 12.2 Å². The zero-order valence-electron chi connectivity index (χ0n) is 20.9. The van der Waals surface area contributed by atoms with Gasteiger partial charge in [-0.3, -0.25) is 28.8 Å². The minimum atomic E-state index is -1.64. The van der Waals surface area contributed by atoms with Crippen molar-refractivity contribution in [3.63, 3.8) is 0 Å². The summed E-state index contributed by atoms with van der Waals surface area (Å²) in [7, 11) is 0. The van der Waals surface area contributed by atoms with Gasteiger partial charge in [-0.25, -0.2) is 4.79 Å². The van der Waals surface area contributed by atoms with Crippen molar-refractivity contribution >= 4 is 54.2 Å². The average molecular weight is 566 g/mol. The SMILES string of the molecule is CC(C)C[C@H](NC(=O)[C@@H](N)CC(=O)O)C(=O)N[C@@H](CCC(=O)O)C(=O)N[C@@H](CO)C(=O)N[C@@H](CS)C(=O)O. The fourth-order valence-electron chi connectivity index (χ4n) is 3.00. The first-order valence-electron chi connectivity index (χ1n) is 11.5. The molecule has 0 fully saturated rings. The molecule has 17 heteroatoms. The molecule has 10 N–H and O–H groups in total. The number of aliphatic hydroxyl groups is 1. The summed E-state index contributed by atoms with van der Waals surface area (Å²) >= 11 is 3.79. The third kappa shape index (κ3) is 13.2. The van der Waals surface area contributed by atoms with Gasteiger partial charge in [0.25, 0.3) is 0 Å². The highest BCUT2D eigenvalue weighted by atomic mass is 32.1. The summed E-state index contributed by atoms with van der Waals surface area (Å²) in [6.45, 7) is 2.49. The molecule has 4 amide bonds. The molecule has 0 bridgehead atoms. The summed E-state index contributed by atoms with van der Waals surface area (Å²) in [6, 6.07) is -7.34. The predicted molar refractivity (Wildman–Crippen MR) is 133 cm³/mol. The minimum absolute atomic E-state index is 0.0482. The molecule has 0 aromatic carbocycles. The normalized spacial score (nSPS) is 14.8. The molecule has 0 radical (unpaired) electrons. The van der Waals surface area contributed by atoms with Gasteiger partial charge in [0.2, 0.25) is 23.6 Å². The van der Waals surface area contributed by atoms with Crippen molar-refractivity contribution < 1.29 is 54.0 Å². The molecule has 0 aliphatic heterocycles. The van der Waals surface area contributed by atoms with Crippen LogP contribution in [0.2, 0.25) is 0 Å². The third-order valence-electron chi connectivity index (χ3n) is 4.96. The number of carbonyl (C=O) groups is 7. The Morgan fingerprint density at radius 2 is 1.21 bits per heavy atom. The fraction of sp³-hybridized carbons (Fsp3) is 0.667. The van der Waals surface area contributed by atoms with Gasteiger partial charge in [-0.15, -0.1) is 0 Å². The molecule has 0 spiro atoms. The molecule has 0 unspecified atom stereocenters. The lowest BCUT2D eigenvalue weighted by molar-refractivity contribution is -0.142. The second kappa shape index (κ2) is 17.1. The smallest absolute Gasteiger partial charge is 0.327 e. The molecule has 216 valence electrons. The first kappa shape index (κ1) is 34.6. The highest BCUT2D eigenvalue weighted by Crippen LogP contribution is 2.08. The van der Waals surface area contributed by atoms with Crippen LogP contribution in [0.25, 0.3) is 0 Å². The summed E-state index contributed by atoms with van der Waals surface area (Å²) in [5.41, 5.74) is 5.53. The van der Waals surface area contributed by atoms with E-state index in [0.717, 1.165) is 0 Å². The Hall–Kier alpha value is -3.44. The molecule has 5 atom stereocenters. The Morgan fingerprint density at radius 1 is 0.737 bits per heavy atom. The molecule has 0 saturated carbocycles.